The molecule has 2 rings (SSSR count). The second-order valence-corrected chi connectivity index (χ2v) is 5.64. The van der Waals surface area contributed by atoms with Crippen LogP contribution in [0.4, 0.5) is 0 Å². The molecule has 0 radical (unpaired) electrons. The van der Waals surface area contributed by atoms with Crippen LogP contribution in [-0.2, 0) is 18.9 Å². The van der Waals surface area contributed by atoms with E-state index in [1.807, 2.05) is 0 Å². The van der Waals surface area contributed by atoms with Crippen molar-refractivity contribution in [1.82, 2.24) is 0 Å². The molecule has 6 nitrogen and oxygen atoms in total. The molecule has 0 saturated carbocycles. The lowest BCUT2D eigenvalue weighted by Gasteiger charge is -2.24. The summed E-state index contributed by atoms with van der Waals surface area (Å²) < 4.78 is 22.7. The molecule has 0 aromatic rings. The summed E-state index contributed by atoms with van der Waals surface area (Å²) in [6, 6.07) is 0. The summed E-state index contributed by atoms with van der Waals surface area (Å²) in [6.07, 6.45) is -1.86. The Morgan fingerprint density at radius 3 is 1.33 bits per heavy atom. The molecule has 0 bridgehead atoms. The van der Waals surface area contributed by atoms with Gasteiger partial charge in [-0.15, -0.1) is 0 Å². The number of rotatable bonds is 3. The van der Waals surface area contributed by atoms with Gasteiger partial charge < -0.3 is 29.2 Å². The van der Waals surface area contributed by atoms with Gasteiger partial charge in [-0.1, -0.05) is 0 Å². The lowest BCUT2D eigenvalue weighted by atomic mass is 10.0. The minimum Gasteiger partial charge on any atom is -0.394 e. The number of hydrogen-bond donors (Lipinski definition) is 2. The number of aliphatic hydroxyl groups excluding tert-OH is 2. The third kappa shape index (κ3) is 2.68. The zero-order chi connectivity index (χ0) is 13.6. The van der Waals surface area contributed by atoms with Gasteiger partial charge in [0.2, 0.25) is 0 Å². The Balaban J connectivity index is 2.15. The van der Waals surface area contributed by atoms with Gasteiger partial charge in [0.1, 0.15) is 24.4 Å². The summed E-state index contributed by atoms with van der Waals surface area (Å²) in [5.41, 5.74) is 0. The van der Waals surface area contributed by atoms with Crippen LogP contribution in [0.15, 0.2) is 0 Å². The molecule has 2 heterocycles. The largest absolute Gasteiger partial charge is 0.394 e. The third-order valence-corrected chi connectivity index (χ3v) is 3.13. The maximum Gasteiger partial charge on any atom is 0.164 e. The Kier molecular flexibility index (Phi) is 3.70. The zero-order valence-corrected chi connectivity index (χ0v) is 11.3. The molecule has 6 heteroatoms. The molecule has 0 aliphatic carbocycles. The van der Waals surface area contributed by atoms with Gasteiger partial charge in [0.25, 0.3) is 0 Å². The van der Waals surface area contributed by atoms with E-state index in [2.05, 4.69) is 0 Å². The normalized spacial score (nSPS) is 42.3. The first-order chi connectivity index (χ1) is 8.28. The van der Waals surface area contributed by atoms with Crippen molar-refractivity contribution in [1.29, 1.82) is 0 Å². The number of ether oxygens (including phenoxy) is 4. The summed E-state index contributed by atoms with van der Waals surface area (Å²) in [4.78, 5) is 0. The van der Waals surface area contributed by atoms with Crippen LogP contribution >= 0.6 is 0 Å². The van der Waals surface area contributed by atoms with E-state index in [-0.39, 0.29) is 13.2 Å². The fourth-order valence-corrected chi connectivity index (χ4v) is 2.57. The van der Waals surface area contributed by atoms with Crippen LogP contribution < -0.4 is 0 Å². The fraction of sp³-hybridized carbons (Fsp3) is 1.00. The van der Waals surface area contributed by atoms with E-state index >= 15 is 0 Å². The minimum absolute atomic E-state index is 0.160. The smallest absolute Gasteiger partial charge is 0.164 e. The van der Waals surface area contributed by atoms with Gasteiger partial charge in [-0.3, -0.25) is 0 Å². The fourth-order valence-electron chi connectivity index (χ4n) is 2.57. The van der Waals surface area contributed by atoms with Crippen molar-refractivity contribution < 1.29 is 29.2 Å². The number of aliphatic hydroxyl groups is 2. The Morgan fingerprint density at radius 2 is 1.06 bits per heavy atom. The van der Waals surface area contributed by atoms with Crippen molar-refractivity contribution in [3.05, 3.63) is 0 Å². The molecule has 0 aromatic carbocycles. The highest BCUT2D eigenvalue weighted by molar-refractivity contribution is 4.94. The Hall–Kier alpha value is -0.240. The quantitative estimate of drug-likeness (QED) is 0.746. The van der Waals surface area contributed by atoms with Gasteiger partial charge in [0.05, 0.1) is 13.2 Å². The Bertz CT molecular complexity index is 273. The molecular formula is C12H22O6. The van der Waals surface area contributed by atoms with Crippen molar-refractivity contribution in [3.63, 3.8) is 0 Å². The first-order valence-electron chi connectivity index (χ1n) is 6.21. The van der Waals surface area contributed by atoms with E-state index in [1.54, 1.807) is 27.7 Å². The molecule has 2 saturated heterocycles. The summed E-state index contributed by atoms with van der Waals surface area (Å²) in [5, 5.41) is 18.7. The van der Waals surface area contributed by atoms with Crippen molar-refractivity contribution in [2.75, 3.05) is 13.2 Å². The van der Waals surface area contributed by atoms with Crippen LogP contribution in [0, 0.1) is 0 Å². The summed E-state index contributed by atoms with van der Waals surface area (Å²) in [6.45, 7) is 6.81. The molecular weight excluding hydrogens is 240 g/mol. The first kappa shape index (κ1) is 14.2. The second kappa shape index (κ2) is 4.70. The summed E-state index contributed by atoms with van der Waals surface area (Å²) in [5.74, 6) is -1.54. The molecule has 0 unspecified atom stereocenters. The van der Waals surface area contributed by atoms with Gasteiger partial charge in [-0.2, -0.15) is 0 Å². The standard InChI is InChI=1S/C12H22O6/c1-11(2)15-7(5-13)9(17-11)10-8(6-14)16-12(3,4)18-10/h7-10,13-14H,5-6H2,1-4H3/t7-,8-,9-,10+/m1/s1. The predicted molar refractivity (Wildman–Crippen MR) is 61.8 cm³/mol. The van der Waals surface area contributed by atoms with Crippen LogP contribution in [0.3, 0.4) is 0 Å². The van der Waals surface area contributed by atoms with Gasteiger partial charge in [0, 0.05) is 0 Å². The maximum absolute atomic E-state index is 9.35. The van der Waals surface area contributed by atoms with Gasteiger partial charge in [-0.25, -0.2) is 0 Å². The van der Waals surface area contributed by atoms with Crippen LogP contribution in [0.5, 0.6) is 0 Å². The molecule has 2 aliphatic heterocycles. The topological polar surface area (TPSA) is 77.4 Å². The van der Waals surface area contributed by atoms with E-state index in [0.717, 1.165) is 0 Å². The van der Waals surface area contributed by atoms with E-state index < -0.39 is 36.0 Å². The molecule has 0 spiro atoms. The molecule has 18 heavy (non-hydrogen) atoms. The molecule has 0 aromatic heterocycles. The van der Waals surface area contributed by atoms with E-state index in [4.69, 9.17) is 18.9 Å². The SMILES string of the molecule is CC1(C)O[C@H]([C@@H]2OC(C)(C)O[C@@H]2CO)[C@@H](CO)O1. The van der Waals surface area contributed by atoms with Crippen LogP contribution in [0.25, 0.3) is 0 Å². The Labute approximate surface area is 107 Å². The van der Waals surface area contributed by atoms with Crippen molar-refractivity contribution >= 4 is 0 Å². The lowest BCUT2D eigenvalue weighted by molar-refractivity contribution is -0.175. The van der Waals surface area contributed by atoms with E-state index in [1.165, 1.54) is 0 Å². The molecule has 2 fully saturated rings. The maximum atomic E-state index is 9.35. The van der Waals surface area contributed by atoms with Gasteiger partial charge >= 0.3 is 0 Å². The van der Waals surface area contributed by atoms with E-state index in [9.17, 15) is 10.2 Å². The highest BCUT2D eigenvalue weighted by Gasteiger charge is 2.53. The van der Waals surface area contributed by atoms with Gasteiger partial charge in [0.15, 0.2) is 11.6 Å². The lowest BCUT2D eigenvalue weighted by Crippen LogP contribution is -2.44. The molecule has 2 N–H and O–H groups in total. The van der Waals surface area contributed by atoms with Crippen LogP contribution in [0.2, 0.25) is 0 Å². The van der Waals surface area contributed by atoms with Crippen LogP contribution in [0.1, 0.15) is 27.7 Å². The minimum atomic E-state index is -0.770. The van der Waals surface area contributed by atoms with Crippen molar-refractivity contribution in [2.24, 2.45) is 0 Å². The predicted octanol–water partition coefficient (Wildman–Crippen LogP) is 0.0112. The van der Waals surface area contributed by atoms with E-state index in [0.29, 0.717) is 0 Å². The monoisotopic (exact) mass is 262 g/mol. The second-order valence-electron chi connectivity index (χ2n) is 5.64. The summed E-state index contributed by atoms with van der Waals surface area (Å²) >= 11 is 0. The average Bonchev–Trinajstić information content (AvgIpc) is 2.74. The number of hydrogen-bond acceptors (Lipinski definition) is 6. The van der Waals surface area contributed by atoms with Crippen LogP contribution in [-0.4, -0.2) is 59.4 Å². The Morgan fingerprint density at radius 1 is 0.722 bits per heavy atom. The van der Waals surface area contributed by atoms with Crippen molar-refractivity contribution in [2.45, 2.75) is 63.7 Å². The average molecular weight is 262 g/mol. The molecule has 2 aliphatic rings. The first-order valence-corrected chi connectivity index (χ1v) is 6.21. The van der Waals surface area contributed by atoms with Gasteiger partial charge in [-0.05, 0) is 27.7 Å². The third-order valence-electron chi connectivity index (χ3n) is 3.13. The summed E-state index contributed by atoms with van der Waals surface area (Å²) in [7, 11) is 0. The highest BCUT2D eigenvalue weighted by Crippen LogP contribution is 2.38. The van der Waals surface area contributed by atoms with Crippen molar-refractivity contribution in [3.8, 4) is 0 Å². The highest BCUT2D eigenvalue weighted by atomic mass is 16.8. The molecule has 4 atom stereocenters. The molecule has 0 amide bonds. The molecule has 106 valence electrons. The zero-order valence-electron chi connectivity index (χ0n) is 11.3.